The van der Waals surface area contributed by atoms with Crippen LogP contribution in [0, 0.1) is 0 Å². The Bertz CT molecular complexity index is 357. The van der Waals surface area contributed by atoms with Crippen LogP contribution in [-0.4, -0.2) is 26.1 Å². The second kappa shape index (κ2) is 4.37. The summed E-state index contributed by atoms with van der Waals surface area (Å²) in [7, 11) is 2.01. The van der Waals surface area contributed by atoms with Gasteiger partial charge in [-0.3, -0.25) is 4.42 Å². The molecule has 1 aliphatic heterocycles. The Balaban J connectivity index is 2.36. The number of hydrogen-bond donors (Lipinski definition) is 1. The van der Waals surface area contributed by atoms with Crippen molar-refractivity contribution < 1.29 is 0 Å². The maximum Gasteiger partial charge on any atom is 0.104 e. The standard InChI is InChI=1S/C10H13Cl2N3/c1-14(6-5-11)9-4-2-3-8-10(9)15(12)7-13-8/h2-4,13H,5-7H2,1H3. The molecule has 82 valence electrons. The van der Waals surface area contributed by atoms with E-state index in [0.717, 1.165) is 23.6 Å². The average Bonchev–Trinajstić information content (AvgIpc) is 2.61. The number of nitrogens with one attached hydrogen (secondary N) is 1. The van der Waals surface area contributed by atoms with Crippen LogP contribution < -0.4 is 14.6 Å². The number of alkyl halides is 1. The van der Waals surface area contributed by atoms with Gasteiger partial charge in [-0.2, -0.15) is 0 Å². The van der Waals surface area contributed by atoms with Crippen molar-refractivity contribution in [3.63, 3.8) is 0 Å². The first kappa shape index (κ1) is 10.7. The molecular formula is C10H13Cl2N3. The lowest BCUT2D eigenvalue weighted by Crippen LogP contribution is -2.21. The molecule has 0 radical (unpaired) electrons. The Kier molecular flexibility index (Phi) is 3.12. The number of halogens is 2. The van der Waals surface area contributed by atoms with Gasteiger partial charge in [0.1, 0.15) is 12.4 Å². The van der Waals surface area contributed by atoms with Gasteiger partial charge in [-0.25, -0.2) is 0 Å². The molecule has 1 heterocycles. The maximum atomic E-state index is 6.10. The Hall–Kier alpha value is -0.800. The molecule has 2 rings (SSSR count). The molecule has 0 saturated carbocycles. The van der Waals surface area contributed by atoms with E-state index in [1.807, 2.05) is 25.2 Å². The van der Waals surface area contributed by atoms with E-state index in [9.17, 15) is 0 Å². The summed E-state index contributed by atoms with van der Waals surface area (Å²) in [5.41, 5.74) is 3.21. The molecule has 0 amide bonds. The SMILES string of the molecule is CN(CCCl)c1cccc2c1N(Cl)CN2. The number of rotatable bonds is 3. The van der Waals surface area contributed by atoms with Gasteiger partial charge < -0.3 is 10.2 Å². The van der Waals surface area contributed by atoms with E-state index >= 15 is 0 Å². The first-order valence-corrected chi connectivity index (χ1v) is 5.68. The predicted octanol–water partition coefficient (Wildman–Crippen LogP) is 2.70. The van der Waals surface area contributed by atoms with E-state index < -0.39 is 0 Å². The molecule has 0 aliphatic carbocycles. The molecule has 0 unspecified atom stereocenters. The molecule has 0 saturated heterocycles. The van der Waals surface area contributed by atoms with Gasteiger partial charge >= 0.3 is 0 Å². The van der Waals surface area contributed by atoms with Crippen LogP contribution >= 0.6 is 23.4 Å². The minimum atomic E-state index is 0.607. The van der Waals surface area contributed by atoms with Gasteiger partial charge in [0.2, 0.25) is 0 Å². The Morgan fingerprint density at radius 2 is 2.33 bits per heavy atom. The van der Waals surface area contributed by atoms with Crippen molar-refractivity contribution in [1.29, 1.82) is 0 Å². The van der Waals surface area contributed by atoms with E-state index in [1.54, 1.807) is 4.42 Å². The highest BCUT2D eigenvalue weighted by molar-refractivity contribution is 6.28. The van der Waals surface area contributed by atoms with E-state index in [0.29, 0.717) is 12.5 Å². The van der Waals surface area contributed by atoms with Gasteiger partial charge in [0, 0.05) is 31.2 Å². The van der Waals surface area contributed by atoms with Crippen LogP contribution in [0.15, 0.2) is 18.2 Å². The molecule has 5 heteroatoms. The molecule has 15 heavy (non-hydrogen) atoms. The third kappa shape index (κ3) is 1.94. The van der Waals surface area contributed by atoms with Crippen molar-refractivity contribution in [2.75, 3.05) is 40.8 Å². The van der Waals surface area contributed by atoms with Crippen LogP contribution in [-0.2, 0) is 0 Å². The van der Waals surface area contributed by atoms with E-state index in [4.69, 9.17) is 23.4 Å². The molecule has 0 atom stereocenters. The second-order valence-electron chi connectivity index (χ2n) is 3.48. The Labute approximate surface area is 99.7 Å². The monoisotopic (exact) mass is 245 g/mol. The van der Waals surface area contributed by atoms with Gasteiger partial charge in [0.25, 0.3) is 0 Å². The van der Waals surface area contributed by atoms with Crippen LogP contribution in [0.5, 0.6) is 0 Å². The highest BCUT2D eigenvalue weighted by Gasteiger charge is 2.21. The van der Waals surface area contributed by atoms with Crippen molar-refractivity contribution in [2.24, 2.45) is 0 Å². The van der Waals surface area contributed by atoms with Crippen molar-refractivity contribution >= 4 is 40.4 Å². The van der Waals surface area contributed by atoms with Gasteiger partial charge in [0.15, 0.2) is 0 Å². The zero-order chi connectivity index (χ0) is 10.8. The largest absolute Gasteiger partial charge is 0.372 e. The number of nitrogens with zero attached hydrogens (tertiary/aromatic N) is 2. The number of benzene rings is 1. The summed E-state index contributed by atoms with van der Waals surface area (Å²) >= 11 is 11.8. The fourth-order valence-corrected chi connectivity index (χ4v) is 2.21. The minimum absolute atomic E-state index is 0.607. The fraction of sp³-hybridized carbons (Fsp3) is 0.400. The maximum absolute atomic E-state index is 6.10. The van der Waals surface area contributed by atoms with E-state index in [2.05, 4.69) is 10.2 Å². The lowest BCUT2D eigenvalue weighted by atomic mass is 10.2. The summed E-state index contributed by atoms with van der Waals surface area (Å²) < 4.78 is 1.69. The summed E-state index contributed by atoms with van der Waals surface area (Å²) in [5.74, 6) is 0.607. The first-order valence-electron chi connectivity index (χ1n) is 4.81. The topological polar surface area (TPSA) is 18.5 Å². The van der Waals surface area contributed by atoms with Crippen LogP contribution in [0.4, 0.5) is 17.1 Å². The quantitative estimate of drug-likeness (QED) is 0.653. The van der Waals surface area contributed by atoms with Crippen molar-refractivity contribution in [1.82, 2.24) is 0 Å². The van der Waals surface area contributed by atoms with Crippen molar-refractivity contribution in [3.05, 3.63) is 18.2 Å². The number of para-hydroxylation sites is 1. The zero-order valence-corrected chi connectivity index (χ0v) is 10.0. The highest BCUT2D eigenvalue weighted by Crippen LogP contribution is 2.40. The lowest BCUT2D eigenvalue weighted by molar-refractivity contribution is 0.972. The van der Waals surface area contributed by atoms with Crippen LogP contribution in [0.25, 0.3) is 0 Å². The Morgan fingerprint density at radius 3 is 3.07 bits per heavy atom. The van der Waals surface area contributed by atoms with Gasteiger partial charge in [-0.05, 0) is 12.1 Å². The van der Waals surface area contributed by atoms with Gasteiger partial charge in [-0.15, -0.1) is 11.6 Å². The van der Waals surface area contributed by atoms with Crippen LogP contribution in [0.1, 0.15) is 0 Å². The highest BCUT2D eigenvalue weighted by atomic mass is 35.5. The normalized spacial score (nSPS) is 13.7. The van der Waals surface area contributed by atoms with Crippen molar-refractivity contribution in [3.8, 4) is 0 Å². The smallest absolute Gasteiger partial charge is 0.104 e. The summed E-state index contributed by atoms with van der Waals surface area (Å²) in [6.45, 7) is 1.45. The zero-order valence-electron chi connectivity index (χ0n) is 8.50. The lowest BCUT2D eigenvalue weighted by Gasteiger charge is -2.22. The molecule has 1 N–H and O–H groups in total. The predicted molar refractivity (Wildman–Crippen MR) is 67.3 cm³/mol. The second-order valence-corrected chi connectivity index (χ2v) is 4.27. The average molecular weight is 246 g/mol. The van der Waals surface area contributed by atoms with Gasteiger partial charge in [-0.1, -0.05) is 6.07 Å². The van der Waals surface area contributed by atoms with Crippen molar-refractivity contribution in [2.45, 2.75) is 0 Å². The molecule has 1 aliphatic rings. The third-order valence-electron chi connectivity index (χ3n) is 2.50. The summed E-state index contributed by atoms with van der Waals surface area (Å²) in [6.07, 6.45) is 0. The molecule has 0 spiro atoms. The first-order chi connectivity index (χ1) is 7.24. The minimum Gasteiger partial charge on any atom is -0.372 e. The molecule has 3 nitrogen and oxygen atoms in total. The summed E-state index contributed by atoms with van der Waals surface area (Å²) in [4.78, 5) is 2.11. The van der Waals surface area contributed by atoms with Crippen LogP contribution in [0.2, 0.25) is 0 Å². The van der Waals surface area contributed by atoms with E-state index in [-0.39, 0.29) is 0 Å². The van der Waals surface area contributed by atoms with Gasteiger partial charge in [0.05, 0.1) is 11.4 Å². The Morgan fingerprint density at radius 1 is 1.53 bits per heavy atom. The molecule has 0 bridgehead atoms. The fourth-order valence-electron chi connectivity index (χ4n) is 1.72. The number of anilines is 3. The number of hydrogen-bond acceptors (Lipinski definition) is 3. The third-order valence-corrected chi connectivity index (χ3v) is 2.95. The molecule has 1 aromatic rings. The molecular weight excluding hydrogens is 233 g/mol. The number of fused-ring (bicyclic) bond motifs is 1. The van der Waals surface area contributed by atoms with E-state index in [1.165, 1.54) is 0 Å². The summed E-state index contributed by atoms with van der Waals surface area (Å²) in [5, 5.41) is 3.22. The molecule has 0 aromatic heterocycles. The molecule has 0 fully saturated rings. The molecule has 1 aromatic carbocycles. The van der Waals surface area contributed by atoms with Crippen LogP contribution in [0.3, 0.4) is 0 Å². The summed E-state index contributed by atoms with van der Waals surface area (Å²) in [6, 6.07) is 6.09.